The molecule has 0 aliphatic carbocycles. The number of ether oxygens (including phenoxy) is 1. The Hall–Kier alpha value is -1.16. The first kappa shape index (κ1) is 15.2. The van der Waals surface area contributed by atoms with E-state index in [4.69, 9.17) is 15.4 Å². The summed E-state index contributed by atoms with van der Waals surface area (Å²) in [4.78, 5) is 0.944. The van der Waals surface area contributed by atoms with Crippen LogP contribution in [0.4, 0.5) is 0 Å². The molecule has 0 saturated carbocycles. The summed E-state index contributed by atoms with van der Waals surface area (Å²) in [6.45, 7) is 0.899. The molecule has 0 spiro atoms. The predicted molar refractivity (Wildman–Crippen MR) is 86.5 cm³/mol. The van der Waals surface area contributed by atoms with Crippen LogP contribution in [0.1, 0.15) is 18.1 Å². The van der Waals surface area contributed by atoms with Crippen molar-refractivity contribution < 1.29 is 4.74 Å². The number of nitrogens with one attached hydrogen (secondary N) is 1. The molecule has 0 heterocycles. The Morgan fingerprint density at radius 3 is 2.50 bits per heavy atom. The van der Waals surface area contributed by atoms with Crippen LogP contribution in [-0.4, -0.2) is 13.6 Å². The van der Waals surface area contributed by atoms with Crippen molar-refractivity contribution in [2.24, 2.45) is 0 Å². The van der Waals surface area contributed by atoms with Gasteiger partial charge in [0.15, 0.2) is 0 Å². The van der Waals surface area contributed by atoms with Gasteiger partial charge in [0, 0.05) is 6.42 Å². The molecule has 106 valence electrons. The van der Waals surface area contributed by atoms with Crippen molar-refractivity contribution in [1.29, 1.82) is 0 Å². The Bertz CT molecular complexity index is 521. The van der Waals surface area contributed by atoms with Crippen molar-refractivity contribution in [3.05, 3.63) is 60.2 Å². The van der Waals surface area contributed by atoms with Gasteiger partial charge in [0.05, 0.1) is 4.90 Å². The van der Waals surface area contributed by atoms with Crippen LogP contribution >= 0.6 is 21.7 Å². The number of benzene rings is 2. The molecule has 0 fully saturated rings. The van der Waals surface area contributed by atoms with Crippen molar-refractivity contribution in [1.82, 2.24) is 5.32 Å². The van der Waals surface area contributed by atoms with E-state index < -0.39 is 0 Å². The Morgan fingerprint density at radius 2 is 1.80 bits per heavy atom. The van der Waals surface area contributed by atoms with Gasteiger partial charge in [0.1, 0.15) is 11.9 Å². The quantitative estimate of drug-likeness (QED) is 0.803. The van der Waals surface area contributed by atoms with Crippen molar-refractivity contribution in [2.45, 2.75) is 17.4 Å². The van der Waals surface area contributed by atoms with E-state index in [0.29, 0.717) is 0 Å². The Kier molecular flexibility index (Phi) is 6.25. The fraction of sp³-hybridized carbons (Fsp3) is 0.250. The molecule has 2 aromatic rings. The maximum absolute atomic E-state index is 6.18. The van der Waals surface area contributed by atoms with Crippen LogP contribution in [0.3, 0.4) is 0 Å². The number of hydrogen-bond acceptors (Lipinski definition) is 3. The van der Waals surface area contributed by atoms with Crippen molar-refractivity contribution >= 4 is 21.7 Å². The molecule has 0 saturated heterocycles. The summed E-state index contributed by atoms with van der Waals surface area (Å²) < 4.78 is 6.18. The van der Waals surface area contributed by atoms with Gasteiger partial charge in [-0.15, -0.1) is 0 Å². The molecule has 20 heavy (non-hydrogen) atoms. The molecule has 1 atom stereocenters. The minimum atomic E-state index is 0.0219. The highest BCUT2D eigenvalue weighted by molar-refractivity contribution is 8.21. The molecule has 0 aliphatic heterocycles. The average molecular weight is 308 g/mol. The van der Waals surface area contributed by atoms with Crippen LogP contribution < -0.4 is 10.1 Å². The maximum atomic E-state index is 6.18. The lowest BCUT2D eigenvalue weighted by Crippen LogP contribution is -2.16. The van der Waals surface area contributed by atoms with Crippen LogP contribution in [0.2, 0.25) is 0 Å². The second-order valence-corrected chi connectivity index (χ2v) is 5.49. The van der Waals surface area contributed by atoms with E-state index in [1.807, 2.05) is 49.5 Å². The van der Waals surface area contributed by atoms with Crippen LogP contribution in [0, 0.1) is 0 Å². The minimum Gasteiger partial charge on any atom is -0.484 e. The first-order chi connectivity index (χ1) is 9.85. The fourth-order valence-corrected chi connectivity index (χ4v) is 2.71. The zero-order valence-corrected chi connectivity index (χ0v) is 13.0. The third-order valence-electron chi connectivity index (χ3n) is 3.03. The second-order valence-electron chi connectivity index (χ2n) is 4.43. The first-order valence-electron chi connectivity index (χ1n) is 6.59. The summed E-state index contributed by atoms with van der Waals surface area (Å²) >= 11 is 0. The summed E-state index contributed by atoms with van der Waals surface area (Å²) in [6.07, 6.45) is 0.926. The summed E-state index contributed by atoms with van der Waals surface area (Å²) in [7, 11) is 9.03. The third kappa shape index (κ3) is 4.17. The monoisotopic (exact) mass is 307 g/mol. The standard InChI is InChI=1S/C16H18ClNOS/c1-18-12-11-14(13-7-3-2-4-8-13)19-15-9-5-6-10-16(15)20-17/h2-10,14,18H,11-12H2,1H3. The van der Waals surface area contributed by atoms with Gasteiger partial charge in [0.2, 0.25) is 0 Å². The second kappa shape index (κ2) is 8.20. The molecule has 1 N–H and O–H groups in total. The molecule has 2 nitrogen and oxygen atoms in total. The van der Waals surface area contributed by atoms with Crippen LogP contribution in [-0.2, 0) is 0 Å². The number of rotatable bonds is 7. The fourth-order valence-electron chi connectivity index (χ4n) is 2.00. The van der Waals surface area contributed by atoms with Gasteiger partial charge in [-0.2, -0.15) is 0 Å². The topological polar surface area (TPSA) is 21.3 Å². The van der Waals surface area contributed by atoms with E-state index in [0.717, 1.165) is 23.6 Å². The Labute approximate surface area is 129 Å². The highest BCUT2D eigenvalue weighted by Crippen LogP contribution is 2.35. The highest BCUT2D eigenvalue weighted by atomic mass is 35.7. The number of hydrogen-bond donors (Lipinski definition) is 1. The molecule has 0 radical (unpaired) electrons. The SMILES string of the molecule is CNCCC(Oc1ccccc1SCl)c1ccccc1. The van der Waals surface area contributed by atoms with E-state index in [2.05, 4.69) is 17.4 Å². The van der Waals surface area contributed by atoms with Gasteiger partial charge in [-0.3, -0.25) is 0 Å². The lowest BCUT2D eigenvalue weighted by molar-refractivity contribution is 0.190. The van der Waals surface area contributed by atoms with E-state index in [1.165, 1.54) is 16.5 Å². The van der Waals surface area contributed by atoms with Crippen molar-refractivity contribution in [2.75, 3.05) is 13.6 Å². The van der Waals surface area contributed by atoms with Gasteiger partial charge in [-0.1, -0.05) is 42.5 Å². The van der Waals surface area contributed by atoms with E-state index >= 15 is 0 Å². The first-order valence-corrected chi connectivity index (χ1v) is 8.23. The maximum Gasteiger partial charge on any atom is 0.135 e. The van der Waals surface area contributed by atoms with Crippen molar-refractivity contribution in [3.63, 3.8) is 0 Å². The van der Waals surface area contributed by atoms with E-state index in [1.54, 1.807) is 0 Å². The highest BCUT2D eigenvalue weighted by Gasteiger charge is 2.14. The summed E-state index contributed by atoms with van der Waals surface area (Å²) in [5.41, 5.74) is 1.18. The molecular weight excluding hydrogens is 290 g/mol. The molecule has 0 bridgehead atoms. The third-order valence-corrected chi connectivity index (χ3v) is 4.03. The molecule has 0 aromatic heterocycles. The number of halogens is 1. The molecule has 1 unspecified atom stereocenters. The van der Waals surface area contributed by atoms with Crippen molar-refractivity contribution in [3.8, 4) is 5.75 Å². The van der Waals surface area contributed by atoms with Gasteiger partial charge >= 0.3 is 0 Å². The zero-order chi connectivity index (χ0) is 14.2. The minimum absolute atomic E-state index is 0.0219. The van der Waals surface area contributed by atoms with Gasteiger partial charge in [0.25, 0.3) is 0 Å². The normalized spacial score (nSPS) is 12.1. The van der Waals surface area contributed by atoms with Gasteiger partial charge in [-0.25, -0.2) is 0 Å². The molecule has 4 heteroatoms. The number of para-hydroxylation sites is 1. The van der Waals surface area contributed by atoms with Crippen LogP contribution in [0.15, 0.2) is 59.5 Å². The molecule has 0 amide bonds. The summed E-state index contributed by atoms with van der Waals surface area (Å²) in [5, 5.41) is 3.17. The van der Waals surface area contributed by atoms with E-state index in [-0.39, 0.29) is 6.10 Å². The Balaban J connectivity index is 2.19. The molecule has 2 rings (SSSR count). The average Bonchev–Trinajstić information content (AvgIpc) is 2.52. The lowest BCUT2D eigenvalue weighted by atomic mass is 10.1. The molecule has 2 aromatic carbocycles. The van der Waals surface area contributed by atoms with Gasteiger partial charge in [-0.05, 0) is 52.9 Å². The lowest BCUT2D eigenvalue weighted by Gasteiger charge is -2.20. The molecule has 0 aliphatic rings. The smallest absolute Gasteiger partial charge is 0.135 e. The predicted octanol–water partition coefficient (Wildman–Crippen LogP) is 4.66. The Morgan fingerprint density at radius 1 is 1.10 bits per heavy atom. The summed E-state index contributed by atoms with van der Waals surface area (Å²) in [6, 6.07) is 18.1. The largest absolute Gasteiger partial charge is 0.484 e. The molecular formula is C16H18ClNOS. The van der Waals surface area contributed by atoms with E-state index in [9.17, 15) is 0 Å². The van der Waals surface area contributed by atoms with Crippen LogP contribution in [0.25, 0.3) is 0 Å². The zero-order valence-electron chi connectivity index (χ0n) is 11.4. The summed E-state index contributed by atoms with van der Waals surface area (Å²) in [5.74, 6) is 0.831. The van der Waals surface area contributed by atoms with Gasteiger partial charge < -0.3 is 10.1 Å². The van der Waals surface area contributed by atoms with Crippen LogP contribution in [0.5, 0.6) is 5.75 Å².